The van der Waals surface area contributed by atoms with E-state index < -0.39 is 0 Å². The van der Waals surface area contributed by atoms with Crippen LogP contribution in [0, 0.1) is 0 Å². The number of nitrogens with one attached hydrogen (secondary N) is 4. The van der Waals surface area contributed by atoms with Crippen molar-refractivity contribution < 1.29 is 9.47 Å². The van der Waals surface area contributed by atoms with E-state index in [1.54, 1.807) is 0 Å². The molecule has 0 aliphatic carbocycles. The highest BCUT2D eigenvalue weighted by Crippen LogP contribution is 2.23. The van der Waals surface area contributed by atoms with Crippen LogP contribution in [0.2, 0.25) is 0 Å². The van der Waals surface area contributed by atoms with Crippen molar-refractivity contribution in [3.8, 4) is 0 Å². The molecule has 4 N–H and O–H groups in total. The Balaban J connectivity index is 1.69. The first-order valence-electron chi connectivity index (χ1n) is 6.15. The third kappa shape index (κ3) is 2.39. The second-order valence-electron chi connectivity index (χ2n) is 4.56. The van der Waals surface area contributed by atoms with Crippen LogP contribution in [-0.2, 0) is 9.47 Å². The molecule has 0 aromatic heterocycles. The van der Waals surface area contributed by atoms with Gasteiger partial charge in [0.25, 0.3) is 0 Å². The average molecular weight is 250 g/mol. The second-order valence-corrected chi connectivity index (χ2v) is 4.56. The van der Waals surface area contributed by atoms with E-state index in [9.17, 15) is 0 Å². The first-order chi connectivity index (χ1) is 8.72. The first kappa shape index (κ1) is 12.0. The van der Waals surface area contributed by atoms with E-state index in [1.807, 2.05) is 38.1 Å². The second kappa shape index (κ2) is 4.93. The van der Waals surface area contributed by atoms with E-state index in [-0.39, 0.29) is 24.9 Å². The van der Waals surface area contributed by atoms with Gasteiger partial charge < -0.3 is 9.47 Å². The van der Waals surface area contributed by atoms with Crippen LogP contribution in [0.4, 0.5) is 0 Å². The topological polar surface area (TPSA) is 66.6 Å². The maximum atomic E-state index is 5.65. The summed E-state index contributed by atoms with van der Waals surface area (Å²) >= 11 is 0. The van der Waals surface area contributed by atoms with E-state index in [2.05, 4.69) is 21.7 Å². The van der Waals surface area contributed by atoms with Crippen molar-refractivity contribution in [1.29, 1.82) is 0 Å². The zero-order chi connectivity index (χ0) is 12.5. The molecule has 0 bridgehead atoms. The molecule has 4 atom stereocenters. The Labute approximate surface area is 106 Å². The van der Waals surface area contributed by atoms with Crippen LogP contribution < -0.4 is 21.7 Å². The van der Waals surface area contributed by atoms with Gasteiger partial charge in [0.1, 0.15) is 24.9 Å². The maximum Gasteiger partial charge on any atom is 0.148 e. The zero-order valence-corrected chi connectivity index (χ0v) is 10.4. The molecule has 6 nitrogen and oxygen atoms in total. The smallest absolute Gasteiger partial charge is 0.148 e. The molecule has 0 saturated carbocycles. The van der Waals surface area contributed by atoms with Gasteiger partial charge in [0, 0.05) is 0 Å². The van der Waals surface area contributed by atoms with Crippen LogP contribution in [0.3, 0.4) is 0 Å². The largest absolute Gasteiger partial charge is 0.339 e. The molecule has 2 fully saturated rings. The highest BCUT2D eigenvalue weighted by Gasteiger charge is 2.24. The summed E-state index contributed by atoms with van der Waals surface area (Å²) in [7, 11) is 0. The van der Waals surface area contributed by atoms with Gasteiger partial charge in [0.2, 0.25) is 0 Å². The van der Waals surface area contributed by atoms with Gasteiger partial charge in [-0.1, -0.05) is 24.3 Å². The molecular formula is C12H18N4O2. The maximum absolute atomic E-state index is 5.65. The molecule has 18 heavy (non-hydrogen) atoms. The van der Waals surface area contributed by atoms with Crippen LogP contribution in [0.5, 0.6) is 0 Å². The molecule has 0 radical (unpaired) electrons. The van der Waals surface area contributed by atoms with Gasteiger partial charge in [0.05, 0.1) is 0 Å². The number of benzene rings is 1. The van der Waals surface area contributed by atoms with Crippen LogP contribution in [0.15, 0.2) is 24.3 Å². The summed E-state index contributed by atoms with van der Waals surface area (Å²) in [5.41, 5.74) is 14.4. The van der Waals surface area contributed by atoms with E-state index in [0.717, 1.165) is 11.1 Å². The van der Waals surface area contributed by atoms with Crippen molar-refractivity contribution in [2.45, 2.75) is 38.8 Å². The van der Waals surface area contributed by atoms with Crippen molar-refractivity contribution in [2.24, 2.45) is 0 Å². The highest BCUT2D eigenvalue weighted by molar-refractivity contribution is 5.26. The lowest BCUT2D eigenvalue weighted by molar-refractivity contribution is 0.0435. The van der Waals surface area contributed by atoms with Gasteiger partial charge in [-0.25, -0.2) is 21.7 Å². The zero-order valence-electron chi connectivity index (χ0n) is 10.4. The predicted molar refractivity (Wildman–Crippen MR) is 65.6 cm³/mol. The Kier molecular flexibility index (Phi) is 3.29. The molecule has 2 saturated heterocycles. The first-order valence-corrected chi connectivity index (χ1v) is 6.15. The summed E-state index contributed by atoms with van der Waals surface area (Å²) in [6.45, 7) is 3.93. The average Bonchev–Trinajstić information content (AvgIpc) is 2.98. The van der Waals surface area contributed by atoms with Crippen molar-refractivity contribution >= 4 is 0 Å². The molecule has 2 aliphatic heterocycles. The van der Waals surface area contributed by atoms with Crippen molar-refractivity contribution in [1.82, 2.24) is 21.7 Å². The third-order valence-corrected chi connectivity index (χ3v) is 3.06. The number of hydrazine groups is 2. The summed E-state index contributed by atoms with van der Waals surface area (Å²) in [6.07, 6.45) is -0.133. The molecule has 2 aliphatic rings. The highest BCUT2D eigenvalue weighted by atomic mass is 16.6. The lowest BCUT2D eigenvalue weighted by Gasteiger charge is -2.13. The van der Waals surface area contributed by atoms with Gasteiger partial charge >= 0.3 is 0 Å². The van der Waals surface area contributed by atoms with Gasteiger partial charge in [-0.2, -0.15) is 0 Å². The lowest BCUT2D eigenvalue weighted by Crippen LogP contribution is -2.29. The Morgan fingerprint density at radius 3 is 1.39 bits per heavy atom. The van der Waals surface area contributed by atoms with Crippen molar-refractivity contribution in [3.63, 3.8) is 0 Å². The molecule has 2 heterocycles. The third-order valence-electron chi connectivity index (χ3n) is 3.06. The molecule has 6 heteroatoms. The molecular weight excluding hydrogens is 232 g/mol. The summed E-state index contributed by atoms with van der Waals surface area (Å²) < 4.78 is 11.3. The predicted octanol–water partition coefficient (Wildman–Crippen LogP) is 0.625. The standard InChI is InChI=1S/C12H18N4O2/c1-7-13-15-11(17-7)9-3-5-10(6-4-9)12-16-14-8(2)18-12/h3-8,11-16H,1-2H3. The minimum Gasteiger partial charge on any atom is -0.339 e. The Hall–Kier alpha value is -1.02. The summed E-state index contributed by atoms with van der Waals surface area (Å²) in [4.78, 5) is 0. The molecule has 4 unspecified atom stereocenters. The number of hydrogen-bond acceptors (Lipinski definition) is 6. The van der Waals surface area contributed by atoms with Gasteiger partial charge in [0.15, 0.2) is 0 Å². The van der Waals surface area contributed by atoms with Gasteiger partial charge in [-0.3, -0.25) is 0 Å². The molecule has 98 valence electrons. The van der Waals surface area contributed by atoms with Crippen LogP contribution in [0.25, 0.3) is 0 Å². The van der Waals surface area contributed by atoms with Crippen molar-refractivity contribution in [3.05, 3.63) is 35.4 Å². The fraction of sp³-hybridized carbons (Fsp3) is 0.500. The van der Waals surface area contributed by atoms with E-state index >= 15 is 0 Å². The Bertz CT molecular complexity index is 372. The normalized spacial score (nSPS) is 36.1. The van der Waals surface area contributed by atoms with Gasteiger partial charge in [-0.15, -0.1) is 0 Å². The lowest BCUT2D eigenvalue weighted by atomic mass is 10.1. The van der Waals surface area contributed by atoms with Crippen molar-refractivity contribution in [2.75, 3.05) is 0 Å². The van der Waals surface area contributed by atoms with E-state index in [0.29, 0.717) is 0 Å². The number of ether oxygens (including phenoxy) is 2. The van der Waals surface area contributed by atoms with Crippen LogP contribution in [-0.4, -0.2) is 12.5 Å². The SMILES string of the molecule is CC1NNC(c2ccc(C3NNC(C)O3)cc2)O1. The minimum atomic E-state index is -0.0939. The summed E-state index contributed by atoms with van der Waals surface area (Å²) in [6, 6.07) is 8.17. The minimum absolute atomic E-state index is 0.0274. The monoisotopic (exact) mass is 250 g/mol. The molecule has 0 spiro atoms. The molecule has 1 aromatic carbocycles. The van der Waals surface area contributed by atoms with E-state index in [4.69, 9.17) is 9.47 Å². The fourth-order valence-corrected chi connectivity index (χ4v) is 2.10. The fourth-order valence-electron chi connectivity index (χ4n) is 2.10. The molecule has 3 rings (SSSR count). The van der Waals surface area contributed by atoms with Gasteiger partial charge in [-0.05, 0) is 25.0 Å². The van der Waals surface area contributed by atoms with E-state index in [1.165, 1.54) is 0 Å². The molecule has 0 amide bonds. The Morgan fingerprint density at radius 2 is 1.11 bits per heavy atom. The summed E-state index contributed by atoms with van der Waals surface area (Å²) in [5.74, 6) is 0. The molecule has 1 aromatic rings. The van der Waals surface area contributed by atoms with Crippen LogP contribution in [0.1, 0.15) is 37.4 Å². The number of rotatable bonds is 2. The summed E-state index contributed by atoms with van der Waals surface area (Å²) in [5, 5.41) is 0. The quantitative estimate of drug-likeness (QED) is 0.617. The Morgan fingerprint density at radius 1 is 0.722 bits per heavy atom. The van der Waals surface area contributed by atoms with Crippen LogP contribution >= 0.6 is 0 Å². The number of hydrogen-bond donors (Lipinski definition) is 4.